The molecule has 0 unspecified atom stereocenters. The van der Waals surface area contributed by atoms with Crippen molar-refractivity contribution in [3.63, 3.8) is 0 Å². The minimum Gasteiger partial charge on any atom is -0.457 e. The number of benzene rings is 2. The second kappa shape index (κ2) is 9.10. The molecule has 1 aliphatic carbocycles. The second-order valence-corrected chi connectivity index (χ2v) is 9.16. The van der Waals surface area contributed by atoms with Crippen LogP contribution in [-0.2, 0) is 23.0 Å². The van der Waals surface area contributed by atoms with E-state index in [0.29, 0.717) is 12.2 Å². The predicted molar refractivity (Wildman–Crippen MR) is 112 cm³/mol. The van der Waals surface area contributed by atoms with Crippen molar-refractivity contribution in [2.24, 2.45) is 0 Å². The molecular weight excluding hydrogens is 372 g/mol. The molecule has 1 aliphatic rings. The van der Waals surface area contributed by atoms with Crippen molar-refractivity contribution in [3.8, 4) is 11.5 Å². The summed E-state index contributed by atoms with van der Waals surface area (Å²) in [6, 6.07) is 9.15. The van der Waals surface area contributed by atoms with E-state index in [1.807, 2.05) is 32.0 Å². The van der Waals surface area contributed by atoms with Crippen LogP contribution in [0.1, 0.15) is 67.2 Å². The normalized spacial score (nSPS) is 16.1. The second-order valence-electron chi connectivity index (χ2n) is 7.77. The van der Waals surface area contributed by atoms with E-state index in [0.717, 1.165) is 60.1 Å². The van der Waals surface area contributed by atoms with Gasteiger partial charge in [-0.05, 0) is 80.0 Å². The van der Waals surface area contributed by atoms with Crippen molar-refractivity contribution >= 4 is 10.1 Å². The van der Waals surface area contributed by atoms with Crippen molar-refractivity contribution in [3.05, 3.63) is 52.6 Å². The van der Waals surface area contributed by atoms with Gasteiger partial charge >= 0.3 is 0 Å². The number of fused-ring (bicyclic) bond motifs is 1. The van der Waals surface area contributed by atoms with E-state index in [9.17, 15) is 13.0 Å². The molecule has 0 saturated heterocycles. The van der Waals surface area contributed by atoms with Crippen molar-refractivity contribution < 1.29 is 17.7 Å². The number of ether oxygens (including phenoxy) is 1. The molecular formula is C23H30O4S. The average Bonchev–Trinajstić information content (AvgIpc) is 2.69. The Morgan fingerprint density at radius 3 is 2.04 bits per heavy atom. The molecule has 3 rings (SSSR count). The van der Waals surface area contributed by atoms with E-state index < -0.39 is 10.1 Å². The summed E-state index contributed by atoms with van der Waals surface area (Å²) in [5.74, 6) is 1.49. The lowest BCUT2D eigenvalue weighted by molar-refractivity contribution is 0.465. The molecule has 4 nitrogen and oxygen atoms in total. The first-order valence-electron chi connectivity index (χ1n) is 10.2. The van der Waals surface area contributed by atoms with Gasteiger partial charge in [-0.15, -0.1) is 0 Å². The summed E-state index contributed by atoms with van der Waals surface area (Å²) in [5, 5.41) is 0. The van der Waals surface area contributed by atoms with Gasteiger partial charge in [-0.25, -0.2) is 0 Å². The Bertz CT molecular complexity index is 932. The van der Waals surface area contributed by atoms with Crippen LogP contribution in [0.5, 0.6) is 11.5 Å². The highest BCUT2D eigenvalue weighted by molar-refractivity contribution is 7.85. The lowest BCUT2D eigenvalue weighted by Crippen LogP contribution is -2.08. The maximum absolute atomic E-state index is 12.0. The molecule has 0 aliphatic heterocycles. The Morgan fingerprint density at radius 2 is 1.39 bits per heavy atom. The number of rotatable bonds is 3. The van der Waals surface area contributed by atoms with Crippen molar-refractivity contribution in [1.82, 2.24) is 0 Å². The molecule has 0 fully saturated rings. The van der Waals surface area contributed by atoms with Gasteiger partial charge < -0.3 is 4.74 Å². The van der Waals surface area contributed by atoms with Crippen LogP contribution in [-0.4, -0.2) is 13.0 Å². The van der Waals surface area contributed by atoms with Gasteiger partial charge in [0.25, 0.3) is 10.1 Å². The number of hydrogen-bond donors (Lipinski definition) is 1. The van der Waals surface area contributed by atoms with E-state index >= 15 is 0 Å². The minimum atomic E-state index is -4.26. The van der Waals surface area contributed by atoms with E-state index in [1.165, 1.54) is 25.3 Å². The van der Waals surface area contributed by atoms with Crippen LogP contribution in [0.25, 0.3) is 0 Å². The van der Waals surface area contributed by atoms with Crippen LogP contribution in [0.2, 0.25) is 0 Å². The molecule has 5 heteroatoms. The van der Waals surface area contributed by atoms with Crippen molar-refractivity contribution in [2.75, 3.05) is 0 Å². The molecule has 28 heavy (non-hydrogen) atoms. The predicted octanol–water partition coefficient (Wildman–Crippen LogP) is 6.17. The standard InChI is InChI=1S/C23H30O4S/c1-17-11-10-14-21(18(17)2)27-22-15-16-23(28(24,25)26)20-13-9-7-5-3-4-6-8-12-19(20)22/h10-11,14-16H,3-9,12-13H2,1-2H3,(H,24,25,26). The van der Waals surface area contributed by atoms with E-state index in [1.54, 1.807) is 6.07 Å². The van der Waals surface area contributed by atoms with Gasteiger partial charge in [0.15, 0.2) is 0 Å². The zero-order chi connectivity index (χ0) is 20.1. The Balaban J connectivity index is 2.08. The van der Waals surface area contributed by atoms with Crippen LogP contribution in [0.3, 0.4) is 0 Å². The first kappa shape index (κ1) is 20.9. The highest BCUT2D eigenvalue weighted by Gasteiger charge is 2.22. The summed E-state index contributed by atoms with van der Waals surface area (Å²) >= 11 is 0. The third-order valence-corrected chi connectivity index (χ3v) is 6.69. The van der Waals surface area contributed by atoms with Gasteiger partial charge in [-0.3, -0.25) is 4.55 Å². The molecule has 0 radical (unpaired) electrons. The van der Waals surface area contributed by atoms with E-state index in [4.69, 9.17) is 4.74 Å². The fraction of sp³-hybridized carbons (Fsp3) is 0.478. The summed E-state index contributed by atoms with van der Waals surface area (Å²) in [6.45, 7) is 4.08. The van der Waals surface area contributed by atoms with E-state index in [-0.39, 0.29) is 4.90 Å². The van der Waals surface area contributed by atoms with Crippen LogP contribution >= 0.6 is 0 Å². The Kier molecular flexibility index (Phi) is 6.78. The maximum Gasteiger partial charge on any atom is 0.294 e. The monoisotopic (exact) mass is 402 g/mol. The SMILES string of the molecule is Cc1cccc(Oc2ccc(S(=O)(=O)O)c3c2CCCCCCCCC3)c1C. The van der Waals surface area contributed by atoms with Crippen LogP contribution in [0, 0.1) is 13.8 Å². The lowest BCUT2D eigenvalue weighted by Gasteiger charge is -2.19. The van der Waals surface area contributed by atoms with Gasteiger partial charge in [0, 0.05) is 0 Å². The molecule has 2 aromatic rings. The summed E-state index contributed by atoms with van der Waals surface area (Å²) in [6.07, 6.45) is 9.13. The van der Waals surface area contributed by atoms with E-state index in [2.05, 4.69) is 0 Å². The largest absolute Gasteiger partial charge is 0.457 e. The summed E-state index contributed by atoms with van der Waals surface area (Å²) in [5.41, 5.74) is 3.89. The Hall–Kier alpha value is -1.85. The lowest BCUT2D eigenvalue weighted by atomic mass is 9.96. The quantitative estimate of drug-likeness (QED) is 0.623. The van der Waals surface area contributed by atoms with Gasteiger partial charge in [0.2, 0.25) is 0 Å². The fourth-order valence-electron chi connectivity index (χ4n) is 3.98. The summed E-state index contributed by atoms with van der Waals surface area (Å²) in [4.78, 5) is 0.0371. The van der Waals surface area contributed by atoms with Gasteiger partial charge in [-0.2, -0.15) is 8.42 Å². The molecule has 0 aromatic heterocycles. The Morgan fingerprint density at radius 1 is 0.786 bits per heavy atom. The fourth-order valence-corrected chi connectivity index (χ4v) is 4.75. The van der Waals surface area contributed by atoms with Gasteiger partial charge in [-0.1, -0.05) is 44.2 Å². The van der Waals surface area contributed by atoms with Crippen LogP contribution in [0.4, 0.5) is 0 Å². The number of aryl methyl sites for hydroxylation is 1. The Labute approximate surface area is 168 Å². The molecule has 0 saturated carbocycles. The molecule has 0 heterocycles. The smallest absolute Gasteiger partial charge is 0.294 e. The zero-order valence-corrected chi connectivity index (χ0v) is 17.6. The third-order valence-electron chi connectivity index (χ3n) is 5.75. The molecule has 2 aromatic carbocycles. The molecule has 1 N–H and O–H groups in total. The van der Waals surface area contributed by atoms with Gasteiger partial charge in [0.1, 0.15) is 11.5 Å². The summed E-state index contributed by atoms with van der Waals surface area (Å²) < 4.78 is 40.1. The zero-order valence-electron chi connectivity index (χ0n) is 16.8. The van der Waals surface area contributed by atoms with Crippen LogP contribution < -0.4 is 4.74 Å². The first-order valence-corrected chi connectivity index (χ1v) is 11.7. The highest BCUT2D eigenvalue weighted by atomic mass is 32.2. The third kappa shape index (κ3) is 4.95. The van der Waals surface area contributed by atoms with Gasteiger partial charge in [0.05, 0.1) is 4.90 Å². The van der Waals surface area contributed by atoms with Crippen molar-refractivity contribution in [1.29, 1.82) is 0 Å². The molecule has 152 valence electrons. The van der Waals surface area contributed by atoms with Crippen LogP contribution in [0.15, 0.2) is 35.2 Å². The summed E-state index contributed by atoms with van der Waals surface area (Å²) in [7, 11) is -4.26. The van der Waals surface area contributed by atoms with Crippen molar-refractivity contribution in [2.45, 2.75) is 76.5 Å². The molecule has 0 atom stereocenters. The number of hydrogen-bond acceptors (Lipinski definition) is 3. The minimum absolute atomic E-state index is 0.0371. The molecule has 0 bridgehead atoms. The average molecular weight is 403 g/mol. The first-order chi connectivity index (χ1) is 13.4. The topological polar surface area (TPSA) is 63.6 Å². The maximum atomic E-state index is 12.0. The highest BCUT2D eigenvalue weighted by Crippen LogP contribution is 2.36. The molecule has 0 spiro atoms. The molecule has 0 amide bonds.